The molecule has 0 radical (unpaired) electrons. The molecule has 23 heavy (non-hydrogen) atoms. The molecule has 0 atom stereocenters. The van der Waals surface area contributed by atoms with Crippen LogP contribution in [0, 0.1) is 10.1 Å². The van der Waals surface area contributed by atoms with E-state index < -0.39 is 16.9 Å². The highest BCUT2D eigenvalue weighted by Crippen LogP contribution is 2.20. The van der Waals surface area contributed by atoms with Gasteiger partial charge in [0.25, 0.3) is 5.91 Å². The maximum absolute atomic E-state index is 12.6. The summed E-state index contributed by atoms with van der Waals surface area (Å²) in [5.41, 5.74) is -0.327. The standard InChI is InChI=1S/C13H19N5O5/c1-3-17-11(10(9-14-17)18(21)22)12(19)15-5-7-16(8-6-15)13(20)23-4-2/h9H,3-8H2,1-2H3. The molecule has 1 aliphatic rings. The van der Waals surface area contributed by atoms with Gasteiger partial charge in [0.05, 0.1) is 11.5 Å². The van der Waals surface area contributed by atoms with Crippen LogP contribution in [0.4, 0.5) is 10.5 Å². The molecule has 2 amide bonds. The molecular formula is C13H19N5O5. The van der Waals surface area contributed by atoms with Gasteiger partial charge in [-0.1, -0.05) is 0 Å². The number of carbonyl (C=O) groups is 2. The Morgan fingerprint density at radius 1 is 1.26 bits per heavy atom. The summed E-state index contributed by atoms with van der Waals surface area (Å²) in [6, 6.07) is 0. The number of rotatable bonds is 4. The lowest BCUT2D eigenvalue weighted by molar-refractivity contribution is -0.385. The van der Waals surface area contributed by atoms with E-state index in [1.807, 2.05) is 0 Å². The third-order valence-electron chi connectivity index (χ3n) is 3.61. The van der Waals surface area contributed by atoms with Gasteiger partial charge in [-0.25, -0.2) is 4.79 Å². The molecule has 0 saturated carbocycles. The molecule has 1 fully saturated rings. The molecule has 0 unspecified atom stereocenters. The zero-order valence-corrected chi connectivity index (χ0v) is 13.1. The SMILES string of the molecule is CCOC(=O)N1CCN(C(=O)c2c([N+](=O)[O-])cnn2CC)CC1. The molecule has 126 valence electrons. The number of hydrogen-bond donors (Lipinski definition) is 0. The molecule has 2 rings (SSSR count). The maximum atomic E-state index is 12.6. The lowest BCUT2D eigenvalue weighted by Crippen LogP contribution is -2.51. The Kier molecular flexibility index (Phi) is 5.14. The average Bonchev–Trinajstić information content (AvgIpc) is 2.98. The molecule has 1 aromatic rings. The van der Waals surface area contributed by atoms with E-state index >= 15 is 0 Å². The van der Waals surface area contributed by atoms with Crippen LogP contribution in [-0.2, 0) is 11.3 Å². The summed E-state index contributed by atoms with van der Waals surface area (Å²) in [7, 11) is 0. The average molecular weight is 325 g/mol. The molecular weight excluding hydrogens is 306 g/mol. The van der Waals surface area contributed by atoms with Gasteiger partial charge >= 0.3 is 11.8 Å². The molecule has 0 spiro atoms. The van der Waals surface area contributed by atoms with Crippen molar-refractivity contribution >= 4 is 17.7 Å². The zero-order valence-electron chi connectivity index (χ0n) is 13.1. The number of nitrogens with zero attached hydrogens (tertiary/aromatic N) is 5. The first kappa shape index (κ1) is 16.7. The topological polar surface area (TPSA) is 111 Å². The van der Waals surface area contributed by atoms with E-state index in [1.54, 1.807) is 13.8 Å². The van der Waals surface area contributed by atoms with Crippen molar-refractivity contribution in [3.05, 3.63) is 22.0 Å². The lowest BCUT2D eigenvalue weighted by Gasteiger charge is -2.33. The van der Waals surface area contributed by atoms with Gasteiger partial charge < -0.3 is 14.5 Å². The molecule has 0 aromatic carbocycles. The van der Waals surface area contributed by atoms with E-state index in [0.29, 0.717) is 39.3 Å². The Labute approximate surface area is 132 Å². The van der Waals surface area contributed by atoms with Crippen molar-refractivity contribution in [3.63, 3.8) is 0 Å². The fourth-order valence-electron chi connectivity index (χ4n) is 2.43. The molecule has 10 nitrogen and oxygen atoms in total. The number of carbonyl (C=O) groups excluding carboxylic acids is 2. The van der Waals surface area contributed by atoms with Crippen LogP contribution in [0.3, 0.4) is 0 Å². The van der Waals surface area contributed by atoms with Crippen LogP contribution in [0.25, 0.3) is 0 Å². The van der Waals surface area contributed by atoms with Crippen molar-refractivity contribution in [2.24, 2.45) is 0 Å². The van der Waals surface area contributed by atoms with Crippen LogP contribution < -0.4 is 0 Å². The molecule has 1 aliphatic heterocycles. The number of nitro groups is 1. The number of aromatic nitrogens is 2. The number of ether oxygens (including phenoxy) is 1. The number of piperazine rings is 1. The van der Waals surface area contributed by atoms with Crippen LogP contribution in [0.2, 0.25) is 0 Å². The summed E-state index contributed by atoms with van der Waals surface area (Å²) < 4.78 is 6.23. The van der Waals surface area contributed by atoms with Crippen LogP contribution in [0.5, 0.6) is 0 Å². The smallest absolute Gasteiger partial charge is 0.409 e. The molecule has 0 aliphatic carbocycles. The fraction of sp³-hybridized carbons (Fsp3) is 0.615. The van der Waals surface area contributed by atoms with Crippen LogP contribution in [0.1, 0.15) is 24.3 Å². The predicted molar refractivity (Wildman–Crippen MR) is 79.1 cm³/mol. The van der Waals surface area contributed by atoms with Gasteiger partial charge in [-0.2, -0.15) is 5.10 Å². The van der Waals surface area contributed by atoms with Gasteiger partial charge in [0.2, 0.25) is 5.69 Å². The first-order valence-electron chi connectivity index (χ1n) is 7.40. The minimum atomic E-state index is -0.610. The maximum Gasteiger partial charge on any atom is 0.409 e. The summed E-state index contributed by atoms with van der Waals surface area (Å²) in [5, 5.41) is 14.9. The van der Waals surface area contributed by atoms with E-state index in [0.717, 1.165) is 6.20 Å². The molecule has 1 aromatic heterocycles. The number of amides is 2. The Morgan fingerprint density at radius 2 is 1.87 bits per heavy atom. The second-order valence-corrected chi connectivity index (χ2v) is 4.93. The molecule has 10 heteroatoms. The summed E-state index contributed by atoms with van der Waals surface area (Å²) in [6.07, 6.45) is 0.676. The van der Waals surface area contributed by atoms with Crippen LogP contribution >= 0.6 is 0 Å². The van der Waals surface area contributed by atoms with Gasteiger partial charge in [0, 0.05) is 32.7 Å². The van der Waals surface area contributed by atoms with Gasteiger partial charge in [-0.3, -0.25) is 19.6 Å². The minimum absolute atomic E-state index is 0.0258. The van der Waals surface area contributed by atoms with Crippen LogP contribution in [0.15, 0.2) is 6.20 Å². The molecule has 2 heterocycles. The van der Waals surface area contributed by atoms with E-state index in [4.69, 9.17) is 4.74 Å². The monoisotopic (exact) mass is 325 g/mol. The number of aryl methyl sites for hydroxylation is 1. The highest BCUT2D eigenvalue weighted by molar-refractivity contribution is 5.96. The zero-order chi connectivity index (χ0) is 17.0. The Balaban J connectivity index is 2.10. The molecule has 0 N–H and O–H groups in total. The van der Waals surface area contributed by atoms with Gasteiger partial charge in [0.15, 0.2) is 0 Å². The van der Waals surface area contributed by atoms with Gasteiger partial charge in [-0.05, 0) is 13.8 Å². The van der Waals surface area contributed by atoms with E-state index in [-0.39, 0.29) is 11.4 Å². The van der Waals surface area contributed by atoms with E-state index in [2.05, 4.69) is 5.10 Å². The van der Waals surface area contributed by atoms with Crippen molar-refractivity contribution < 1.29 is 19.2 Å². The van der Waals surface area contributed by atoms with Crippen molar-refractivity contribution in [1.82, 2.24) is 19.6 Å². The first-order chi connectivity index (χ1) is 11.0. The van der Waals surface area contributed by atoms with Gasteiger partial charge in [0.1, 0.15) is 6.20 Å². The summed E-state index contributed by atoms with van der Waals surface area (Å²) in [4.78, 5) is 37.7. The summed E-state index contributed by atoms with van der Waals surface area (Å²) in [5.74, 6) is -0.445. The Bertz CT molecular complexity index is 606. The van der Waals surface area contributed by atoms with Crippen LogP contribution in [-0.4, -0.2) is 69.3 Å². The molecule has 0 bridgehead atoms. The Morgan fingerprint density at radius 3 is 2.39 bits per heavy atom. The van der Waals surface area contributed by atoms with Crippen molar-refractivity contribution in [2.45, 2.75) is 20.4 Å². The Hall–Kier alpha value is -2.65. The normalized spacial score (nSPS) is 14.7. The highest BCUT2D eigenvalue weighted by atomic mass is 16.6. The second kappa shape index (κ2) is 7.07. The number of hydrogen-bond acceptors (Lipinski definition) is 6. The van der Waals surface area contributed by atoms with Gasteiger partial charge in [-0.15, -0.1) is 0 Å². The second-order valence-electron chi connectivity index (χ2n) is 4.93. The molecule has 1 saturated heterocycles. The minimum Gasteiger partial charge on any atom is -0.450 e. The van der Waals surface area contributed by atoms with Crippen molar-refractivity contribution in [2.75, 3.05) is 32.8 Å². The van der Waals surface area contributed by atoms with E-state index in [1.165, 1.54) is 14.5 Å². The fourth-order valence-corrected chi connectivity index (χ4v) is 2.43. The third kappa shape index (κ3) is 3.41. The van der Waals surface area contributed by atoms with E-state index in [9.17, 15) is 19.7 Å². The first-order valence-corrected chi connectivity index (χ1v) is 7.40. The van der Waals surface area contributed by atoms with Crippen molar-refractivity contribution in [1.29, 1.82) is 0 Å². The summed E-state index contributed by atoms with van der Waals surface area (Å²) >= 11 is 0. The lowest BCUT2D eigenvalue weighted by atomic mass is 10.2. The highest BCUT2D eigenvalue weighted by Gasteiger charge is 2.32. The quantitative estimate of drug-likeness (QED) is 0.596. The largest absolute Gasteiger partial charge is 0.450 e. The van der Waals surface area contributed by atoms with Crippen molar-refractivity contribution in [3.8, 4) is 0 Å². The summed E-state index contributed by atoms with van der Waals surface area (Å²) in [6.45, 7) is 5.39. The predicted octanol–water partition coefficient (Wildman–Crippen LogP) is 0.726. The third-order valence-corrected chi connectivity index (χ3v) is 3.61.